The fourth-order valence-corrected chi connectivity index (χ4v) is 2.82. The zero-order valence-electron chi connectivity index (χ0n) is 15.1. The third-order valence-corrected chi connectivity index (χ3v) is 4.30. The molecular formula is C20H16ClNO6. The van der Waals surface area contributed by atoms with Gasteiger partial charge in [0.05, 0.1) is 29.0 Å². The Hall–Kier alpha value is -3.32. The molecule has 144 valence electrons. The van der Waals surface area contributed by atoms with Crippen molar-refractivity contribution in [2.75, 3.05) is 7.11 Å². The van der Waals surface area contributed by atoms with Crippen LogP contribution in [0.15, 0.2) is 47.1 Å². The van der Waals surface area contributed by atoms with Crippen LogP contribution in [0.3, 0.4) is 0 Å². The van der Waals surface area contributed by atoms with Crippen LogP contribution in [-0.2, 0) is 16.2 Å². The first-order valence-electron chi connectivity index (χ1n) is 8.19. The number of halogens is 1. The molecule has 1 N–H and O–H groups in total. The number of methoxy groups -OCH3 is 1. The molecule has 3 rings (SSSR count). The number of carboxylic acid groups (broad SMARTS) is 1. The van der Waals surface area contributed by atoms with Gasteiger partial charge in [0.15, 0.2) is 11.5 Å². The second kappa shape index (κ2) is 8.14. The van der Waals surface area contributed by atoms with E-state index in [1.165, 1.54) is 19.2 Å². The van der Waals surface area contributed by atoms with Gasteiger partial charge in [0.1, 0.15) is 6.61 Å². The molecule has 0 atom stereocenters. The van der Waals surface area contributed by atoms with E-state index < -0.39 is 11.9 Å². The predicted molar refractivity (Wildman–Crippen MR) is 103 cm³/mol. The predicted octanol–water partition coefficient (Wildman–Crippen LogP) is 3.94. The van der Waals surface area contributed by atoms with Crippen LogP contribution >= 0.6 is 11.6 Å². The normalized spacial score (nSPS) is 14.6. The summed E-state index contributed by atoms with van der Waals surface area (Å²) in [6.45, 7) is 1.84. The maximum absolute atomic E-state index is 11.7. The number of oxime groups is 1. The minimum absolute atomic E-state index is 0.175. The summed E-state index contributed by atoms with van der Waals surface area (Å²) in [4.78, 5) is 27.2. The lowest BCUT2D eigenvalue weighted by Crippen LogP contribution is -2.02. The van der Waals surface area contributed by atoms with Crippen LogP contribution in [0.2, 0.25) is 5.02 Å². The molecule has 1 heterocycles. The molecule has 1 aliphatic rings. The summed E-state index contributed by atoms with van der Waals surface area (Å²) in [6.07, 6.45) is 1.61. The molecule has 0 spiro atoms. The van der Waals surface area contributed by atoms with Crippen molar-refractivity contribution in [2.24, 2.45) is 5.16 Å². The Morgan fingerprint density at radius 2 is 2.00 bits per heavy atom. The van der Waals surface area contributed by atoms with Crippen molar-refractivity contribution in [1.29, 1.82) is 0 Å². The smallest absolute Gasteiger partial charge is 0.367 e. The third kappa shape index (κ3) is 4.15. The molecule has 0 aliphatic carbocycles. The molecule has 2 aromatic carbocycles. The summed E-state index contributed by atoms with van der Waals surface area (Å²) in [7, 11) is 1.48. The van der Waals surface area contributed by atoms with Crippen molar-refractivity contribution >= 4 is 35.3 Å². The van der Waals surface area contributed by atoms with Gasteiger partial charge in [-0.3, -0.25) is 0 Å². The molecule has 0 saturated carbocycles. The fraction of sp³-hybridized carbons (Fsp3) is 0.150. The van der Waals surface area contributed by atoms with E-state index in [-0.39, 0.29) is 12.2 Å². The average molecular weight is 402 g/mol. The van der Waals surface area contributed by atoms with Crippen LogP contribution in [0.5, 0.6) is 11.5 Å². The van der Waals surface area contributed by atoms with Crippen molar-refractivity contribution in [3.8, 4) is 11.5 Å². The lowest BCUT2D eigenvalue weighted by Gasteiger charge is -2.13. The van der Waals surface area contributed by atoms with Crippen molar-refractivity contribution in [1.82, 2.24) is 0 Å². The number of ether oxygens (including phenoxy) is 2. The summed E-state index contributed by atoms with van der Waals surface area (Å²) in [6, 6.07) is 9.64. The van der Waals surface area contributed by atoms with Gasteiger partial charge in [-0.2, -0.15) is 0 Å². The maximum Gasteiger partial charge on any atom is 0.367 e. The first kappa shape index (κ1) is 19.4. The molecule has 28 heavy (non-hydrogen) atoms. The number of hydrogen-bond donors (Lipinski definition) is 1. The zero-order valence-corrected chi connectivity index (χ0v) is 15.8. The molecule has 0 bridgehead atoms. The summed E-state index contributed by atoms with van der Waals surface area (Å²) < 4.78 is 11.1. The number of carbonyl (C=O) groups is 2. The Morgan fingerprint density at radius 3 is 2.57 bits per heavy atom. The van der Waals surface area contributed by atoms with Gasteiger partial charge in [0.25, 0.3) is 0 Å². The van der Waals surface area contributed by atoms with Gasteiger partial charge in [0, 0.05) is 0 Å². The number of carbonyl (C=O) groups excluding carboxylic acids is 1. The molecular weight excluding hydrogens is 386 g/mol. The monoisotopic (exact) mass is 401 g/mol. The van der Waals surface area contributed by atoms with E-state index in [1.807, 2.05) is 0 Å². The lowest BCUT2D eigenvalue weighted by molar-refractivity contribution is -0.136. The molecule has 1 aliphatic heterocycles. The minimum atomic E-state index is -0.992. The van der Waals surface area contributed by atoms with Crippen LogP contribution < -0.4 is 9.47 Å². The van der Waals surface area contributed by atoms with Crippen LogP contribution in [-0.4, -0.2) is 29.9 Å². The van der Waals surface area contributed by atoms with Gasteiger partial charge >= 0.3 is 11.9 Å². The molecule has 0 radical (unpaired) electrons. The highest BCUT2D eigenvalue weighted by molar-refractivity contribution is 6.32. The number of aromatic carboxylic acids is 1. The highest BCUT2D eigenvalue weighted by atomic mass is 35.5. The van der Waals surface area contributed by atoms with Gasteiger partial charge in [-0.1, -0.05) is 28.9 Å². The summed E-state index contributed by atoms with van der Waals surface area (Å²) in [5, 5.41) is 12.9. The number of rotatable bonds is 6. The van der Waals surface area contributed by atoms with Crippen LogP contribution in [0.1, 0.15) is 28.4 Å². The summed E-state index contributed by atoms with van der Waals surface area (Å²) in [5.41, 5.74) is 2.41. The molecule has 7 nitrogen and oxygen atoms in total. The van der Waals surface area contributed by atoms with Gasteiger partial charge in [0.2, 0.25) is 0 Å². The van der Waals surface area contributed by atoms with Gasteiger partial charge < -0.3 is 19.4 Å². The molecule has 0 aromatic heterocycles. The van der Waals surface area contributed by atoms with Crippen molar-refractivity contribution in [3.05, 3.63) is 63.7 Å². The van der Waals surface area contributed by atoms with Gasteiger partial charge in [-0.25, -0.2) is 9.59 Å². The largest absolute Gasteiger partial charge is 0.493 e. The topological polar surface area (TPSA) is 94.4 Å². The zero-order chi connectivity index (χ0) is 20.3. The van der Waals surface area contributed by atoms with Gasteiger partial charge in [-0.05, 0) is 48.4 Å². The fourth-order valence-electron chi connectivity index (χ4n) is 2.55. The van der Waals surface area contributed by atoms with E-state index >= 15 is 0 Å². The highest BCUT2D eigenvalue weighted by Gasteiger charge is 2.22. The Bertz CT molecular complexity index is 995. The molecule has 2 aromatic rings. The van der Waals surface area contributed by atoms with E-state index in [2.05, 4.69) is 9.99 Å². The Labute approximate surface area is 165 Å². The second-order valence-corrected chi connectivity index (χ2v) is 6.35. The van der Waals surface area contributed by atoms with E-state index in [4.69, 9.17) is 26.2 Å². The number of nitrogens with zero attached hydrogens (tertiary/aromatic N) is 1. The number of benzene rings is 2. The number of carboxylic acids is 1. The second-order valence-electron chi connectivity index (χ2n) is 5.94. The summed E-state index contributed by atoms with van der Waals surface area (Å²) >= 11 is 6.35. The minimum Gasteiger partial charge on any atom is -0.493 e. The summed E-state index contributed by atoms with van der Waals surface area (Å²) in [5.74, 6) is -0.790. The molecule has 0 unspecified atom stereocenters. The Morgan fingerprint density at radius 1 is 1.29 bits per heavy atom. The first-order valence-corrected chi connectivity index (χ1v) is 8.57. The van der Waals surface area contributed by atoms with E-state index in [0.29, 0.717) is 33.4 Å². The third-order valence-electron chi connectivity index (χ3n) is 4.02. The highest BCUT2D eigenvalue weighted by Crippen LogP contribution is 2.37. The van der Waals surface area contributed by atoms with Crippen LogP contribution in [0.25, 0.3) is 6.08 Å². The quantitative estimate of drug-likeness (QED) is 0.582. The van der Waals surface area contributed by atoms with Crippen molar-refractivity contribution in [3.63, 3.8) is 0 Å². The molecule has 8 heteroatoms. The van der Waals surface area contributed by atoms with Crippen molar-refractivity contribution in [2.45, 2.75) is 13.5 Å². The standard InChI is InChI=1S/C20H16ClNO6/c1-11-15(20(25)28-22-11)7-13-8-16(21)18(17(9-13)26-2)27-10-12-3-5-14(6-4-12)19(23)24/h3-9H,10H2,1-2H3,(H,23,24)/b15-7-. The van der Waals surface area contributed by atoms with Crippen LogP contribution in [0, 0.1) is 0 Å². The Kier molecular flexibility index (Phi) is 5.65. The van der Waals surface area contributed by atoms with Crippen molar-refractivity contribution < 1.29 is 29.0 Å². The molecule has 0 saturated heterocycles. The SMILES string of the molecule is COc1cc(/C=C2\C(=O)ON=C2C)cc(Cl)c1OCc1ccc(C(=O)O)cc1. The maximum atomic E-state index is 11.7. The van der Waals surface area contributed by atoms with Crippen LogP contribution in [0.4, 0.5) is 0 Å². The van der Waals surface area contributed by atoms with E-state index in [1.54, 1.807) is 37.3 Å². The van der Waals surface area contributed by atoms with E-state index in [9.17, 15) is 9.59 Å². The van der Waals surface area contributed by atoms with Gasteiger partial charge in [-0.15, -0.1) is 0 Å². The van der Waals surface area contributed by atoms with E-state index in [0.717, 1.165) is 5.56 Å². The average Bonchev–Trinajstić information content (AvgIpc) is 2.99. The molecule has 0 amide bonds. The first-order chi connectivity index (χ1) is 13.4. The Balaban J connectivity index is 1.82. The lowest BCUT2D eigenvalue weighted by atomic mass is 10.1. The number of hydrogen-bond acceptors (Lipinski definition) is 6. The molecule has 0 fully saturated rings.